The van der Waals surface area contributed by atoms with Crippen molar-refractivity contribution in [1.29, 1.82) is 0 Å². The minimum Gasteiger partial charge on any atom is -0.455 e. The van der Waals surface area contributed by atoms with E-state index >= 15 is 0 Å². The van der Waals surface area contributed by atoms with Crippen molar-refractivity contribution < 1.29 is 18.5 Å². The highest BCUT2D eigenvalue weighted by atomic mass is 32.2. The van der Waals surface area contributed by atoms with Crippen molar-refractivity contribution in [3.63, 3.8) is 0 Å². The minimum atomic E-state index is -0.493. The van der Waals surface area contributed by atoms with Gasteiger partial charge in [0, 0.05) is 18.7 Å². The van der Waals surface area contributed by atoms with Crippen LogP contribution in [-0.2, 0) is 11.2 Å². The molecule has 0 spiro atoms. The van der Waals surface area contributed by atoms with Gasteiger partial charge >= 0.3 is 0 Å². The lowest BCUT2D eigenvalue weighted by Gasteiger charge is -2.12. The second-order valence-corrected chi connectivity index (χ2v) is 8.45. The van der Waals surface area contributed by atoms with Gasteiger partial charge in [-0.05, 0) is 36.2 Å². The number of carbonyl (C=O) groups is 1. The Morgan fingerprint density at radius 1 is 1.21 bits per heavy atom. The Labute approximate surface area is 198 Å². The third kappa shape index (κ3) is 5.12. The van der Waals surface area contributed by atoms with E-state index < -0.39 is 16.0 Å². The number of halogens is 1. The number of thioether (sulfide) groups is 1. The number of amides is 1. The van der Waals surface area contributed by atoms with Gasteiger partial charge in [-0.25, -0.2) is 4.39 Å². The average Bonchev–Trinajstić information content (AvgIpc) is 3.40. The second kappa shape index (κ2) is 10.3. The van der Waals surface area contributed by atoms with E-state index in [1.807, 2.05) is 0 Å². The molecule has 1 unspecified atom stereocenters. The summed E-state index contributed by atoms with van der Waals surface area (Å²) in [5.74, 6) is 0.171. The molecule has 172 valence electrons. The fraction of sp³-hybridized carbons (Fsp3) is 0.125. The molecule has 1 aliphatic heterocycles. The fourth-order valence-electron chi connectivity index (χ4n) is 3.39. The van der Waals surface area contributed by atoms with Crippen molar-refractivity contribution in [2.45, 2.75) is 11.7 Å². The first-order chi connectivity index (χ1) is 16.5. The third-order valence-electron chi connectivity index (χ3n) is 4.97. The monoisotopic (exact) mass is 478 g/mol. The summed E-state index contributed by atoms with van der Waals surface area (Å²) in [6, 6.07) is 15.8. The van der Waals surface area contributed by atoms with Crippen LogP contribution in [0.4, 0.5) is 10.1 Å². The van der Waals surface area contributed by atoms with E-state index in [1.54, 1.807) is 48.5 Å². The molecule has 0 radical (unpaired) electrons. The maximum Gasteiger partial charge on any atom is 0.269 e. The molecule has 10 heteroatoms. The Bertz CT molecular complexity index is 1300. The highest BCUT2D eigenvalue weighted by molar-refractivity contribution is 8.15. The molecule has 0 saturated carbocycles. The summed E-state index contributed by atoms with van der Waals surface area (Å²) in [5, 5.41) is 19.1. The van der Waals surface area contributed by atoms with Gasteiger partial charge in [-0.1, -0.05) is 42.1 Å². The molecule has 3 aromatic rings. The molecule has 1 aliphatic rings. The number of nitro groups is 1. The van der Waals surface area contributed by atoms with Crippen LogP contribution < -0.4 is 0 Å². The molecular weight excluding hydrogens is 459 g/mol. The summed E-state index contributed by atoms with van der Waals surface area (Å²) >= 11 is 1.23. The van der Waals surface area contributed by atoms with E-state index in [2.05, 4.69) is 16.8 Å². The number of rotatable bonds is 8. The normalized spacial score (nSPS) is 17.1. The van der Waals surface area contributed by atoms with Crippen LogP contribution in [0.25, 0.3) is 11.3 Å². The van der Waals surface area contributed by atoms with Gasteiger partial charge in [-0.3, -0.25) is 19.8 Å². The topological polar surface area (TPSA) is 101 Å². The first kappa shape index (κ1) is 23.1. The SMILES string of the molecule is C=CCN1C(=O)C(Cc2cccc([N+](=O)[O-])c2)SC1=NN=Cc1ccc(-c2ccccc2F)o1. The van der Waals surface area contributed by atoms with Gasteiger partial charge in [-0.2, -0.15) is 5.10 Å². The van der Waals surface area contributed by atoms with Crippen LogP contribution in [0.15, 0.2) is 87.9 Å². The van der Waals surface area contributed by atoms with Crippen LogP contribution in [0.5, 0.6) is 0 Å². The number of hydrogen-bond acceptors (Lipinski definition) is 7. The molecule has 0 N–H and O–H groups in total. The van der Waals surface area contributed by atoms with Crippen LogP contribution in [0.2, 0.25) is 0 Å². The quantitative estimate of drug-likeness (QED) is 0.195. The Kier molecular flexibility index (Phi) is 6.98. The number of furan rings is 1. The lowest BCUT2D eigenvalue weighted by molar-refractivity contribution is -0.384. The summed E-state index contributed by atoms with van der Waals surface area (Å²) in [5.41, 5.74) is 0.994. The minimum absolute atomic E-state index is 0.0254. The number of amidine groups is 1. The zero-order valence-electron chi connectivity index (χ0n) is 17.8. The molecule has 1 aromatic heterocycles. The number of carbonyl (C=O) groups excluding carboxylic acids is 1. The molecule has 0 aliphatic carbocycles. The van der Waals surface area contributed by atoms with Crippen molar-refractivity contribution in [2.75, 3.05) is 6.54 Å². The largest absolute Gasteiger partial charge is 0.455 e. The Morgan fingerprint density at radius 2 is 2.03 bits per heavy atom. The van der Waals surface area contributed by atoms with Gasteiger partial charge < -0.3 is 4.42 Å². The summed E-state index contributed by atoms with van der Waals surface area (Å²) < 4.78 is 19.6. The third-order valence-corrected chi connectivity index (χ3v) is 6.13. The molecule has 2 aromatic carbocycles. The highest BCUT2D eigenvalue weighted by Crippen LogP contribution is 2.31. The predicted molar refractivity (Wildman–Crippen MR) is 129 cm³/mol. The smallest absolute Gasteiger partial charge is 0.269 e. The van der Waals surface area contributed by atoms with Gasteiger partial charge in [-0.15, -0.1) is 11.7 Å². The molecular formula is C24H19FN4O4S. The molecule has 8 nitrogen and oxygen atoms in total. The van der Waals surface area contributed by atoms with Crippen LogP contribution in [-0.4, -0.2) is 38.9 Å². The van der Waals surface area contributed by atoms with E-state index in [-0.39, 0.29) is 18.1 Å². The van der Waals surface area contributed by atoms with Crippen molar-refractivity contribution >= 4 is 34.7 Å². The Morgan fingerprint density at radius 3 is 2.79 bits per heavy atom. The van der Waals surface area contributed by atoms with Crippen LogP contribution >= 0.6 is 11.8 Å². The van der Waals surface area contributed by atoms with E-state index in [4.69, 9.17) is 4.42 Å². The number of hydrogen-bond donors (Lipinski definition) is 0. The van der Waals surface area contributed by atoms with Crippen molar-refractivity contribution in [1.82, 2.24) is 4.90 Å². The number of nitrogens with zero attached hydrogens (tertiary/aromatic N) is 4. The molecule has 1 fully saturated rings. The van der Waals surface area contributed by atoms with E-state index in [0.29, 0.717) is 34.2 Å². The van der Waals surface area contributed by atoms with Gasteiger partial charge in [0.25, 0.3) is 5.69 Å². The standard InChI is InChI=1S/C24H19FN4O4S/c1-2-12-28-23(30)22(14-16-6-5-7-17(13-16)29(31)32)34-24(28)27-26-15-18-10-11-21(33-18)19-8-3-4-9-20(19)25/h2-11,13,15,22H,1,12,14H2. The molecule has 1 amide bonds. The zero-order chi connectivity index (χ0) is 24.1. The summed E-state index contributed by atoms with van der Waals surface area (Å²) in [7, 11) is 0. The number of benzene rings is 2. The molecule has 2 heterocycles. The Hall–Kier alpha value is -4.05. The van der Waals surface area contributed by atoms with Gasteiger partial charge in [0.1, 0.15) is 17.3 Å². The molecule has 34 heavy (non-hydrogen) atoms. The van der Waals surface area contributed by atoms with E-state index in [9.17, 15) is 19.3 Å². The summed E-state index contributed by atoms with van der Waals surface area (Å²) in [6.45, 7) is 3.94. The molecule has 1 atom stereocenters. The van der Waals surface area contributed by atoms with Gasteiger partial charge in [0.15, 0.2) is 5.17 Å². The number of non-ortho nitro benzene ring substituents is 1. The molecule has 0 bridgehead atoms. The van der Waals surface area contributed by atoms with Crippen molar-refractivity contribution in [3.8, 4) is 11.3 Å². The highest BCUT2D eigenvalue weighted by Gasteiger charge is 2.37. The first-order valence-electron chi connectivity index (χ1n) is 10.2. The fourth-order valence-corrected chi connectivity index (χ4v) is 4.53. The van der Waals surface area contributed by atoms with Crippen molar-refractivity contribution in [2.24, 2.45) is 10.2 Å². The van der Waals surface area contributed by atoms with Crippen LogP contribution in [0.3, 0.4) is 0 Å². The van der Waals surface area contributed by atoms with E-state index in [1.165, 1.54) is 41.1 Å². The zero-order valence-corrected chi connectivity index (χ0v) is 18.7. The van der Waals surface area contributed by atoms with E-state index in [0.717, 1.165) is 0 Å². The Balaban J connectivity index is 1.49. The lowest BCUT2D eigenvalue weighted by Crippen LogP contribution is -2.32. The van der Waals surface area contributed by atoms with Crippen LogP contribution in [0, 0.1) is 15.9 Å². The van der Waals surface area contributed by atoms with Crippen molar-refractivity contribution in [3.05, 3.63) is 101 Å². The maximum absolute atomic E-state index is 14.0. The summed E-state index contributed by atoms with van der Waals surface area (Å²) in [6.07, 6.45) is 3.27. The first-order valence-corrected chi connectivity index (χ1v) is 11.1. The molecule has 4 rings (SSSR count). The second-order valence-electron chi connectivity index (χ2n) is 7.28. The molecule has 1 saturated heterocycles. The maximum atomic E-state index is 14.0. The predicted octanol–water partition coefficient (Wildman–Crippen LogP) is 5.06. The average molecular weight is 479 g/mol. The lowest BCUT2D eigenvalue weighted by atomic mass is 10.1. The summed E-state index contributed by atoms with van der Waals surface area (Å²) in [4.78, 5) is 24.9. The number of nitro benzene ring substituents is 1. The van der Waals surface area contributed by atoms with Gasteiger partial charge in [0.05, 0.1) is 22.0 Å². The van der Waals surface area contributed by atoms with Crippen LogP contribution in [0.1, 0.15) is 11.3 Å². The van der Waals surface area contributed by atoms with Gasteiger partial charge in [0.2, 0.25) is 5.91 Å².